The first kappa shape index (κ1) is 8.16. The van der Waals surface area contributed by atoms with E-state index in [2.05, 4.69) is 15.3 Å². The number of nitrogens with one attached hydrogen (secondary N) is 1. The van der Waals surface area contributed by atoms with Gasteiger partial charge in [0.05, 0.1) is 0 Å². The van der Waals surface area contributed by atoms with E-state index < -0.39 is 0 Å². The Bertz CT molecular complexity index is 349. The fourth-order valence-electron chi connectivity index (χ4n) is 1.63. The molecule has 0 bridgehead atoms. The molecule has 68 valence electrons. The fraction of sp³-hybridized carbons (Fsp3) is 0.444. The van der Waals surface area contributed by atoms with Gasteiger partial charge < -0.3 is 5.32 Å². The molecule has 0 fully saturated rings. The van der Waals surface area contributed by atoms with Crippen LogP contribution < -0.4 is 5.32 Å². The van der Waals surface area contributed by atoms with E-state index in [9.17, 15) is 4.79 Å². The Morgan fingerprint density at radius 3 is 3.08 bits per heavy atom. The van der Waals surface area contributed by atoms with Crippen LogP contribution in [0.4, 0.5) is 5.82 Å². The van der Waals surface area contributed by atoms with Gasteiger partial charge in [0.2, 0.25) is 5.91 Å². The number of nitrogens with zero attached hydrogens (tertiary/aromatic N) is 2. The molecule has 0 saturated heterocycles. The third-order valence-corrected chi connectivity index (χ3v) is 2.17. The van der Waals surface area contributed by atoms with Crippen molar-refractivity contribution in [2.24, 2.45) is 0 Å². The summed E-state index contributed by atoms with van der Waals surface area (Å²) in [6, 6.07) is 0. The molecule has 0 unspecified atom stereocenters. The molecule has 0 saturated carbocycles. The van der Waals surface area contributed by atoms with Gasteiger partial charge >= 0.3 is 0 Å². The van der Waals surface area contributed by atoms with Crippen LogP contribution in [-0.2, 0) is 17.6 Å². The van der Waals surface area contributed by atoms with E-state index in [-0.39, 0.29) is 5.91 Å². The number of aryl methyl sites for hydroxylation is 1. The molecule has 4 heteroatoms. The molecule has 0 spiro atoms. The average molecular weight is 177 g/mol. The van der Waals surface area contributed by atoms with Crippen LogP contribution in [0.15, 0.2) is 6.33 Å². The first-order valence-electron chi connectivity index (χ1n) is 4.37. The van der Waals surface area contributed by atoms with Crippen molar-refractivity contribution in [2.45, 2.75) is 26.2 Å². The summed E-state index contributed by atoms with van der Waals surface area (Å²) in [7, 11) is 0. The standard InChI is InChI=1S/C9H11N3O/c1-6(13)12-9-7-3-2-4-8(7)10-5-11-9/h5H,2-4H2,1H3,(H,10,11,12,13). The summed E-state index contributed by atoms with van der Waals surface area (Å²) >= 11 is 0. The van der Waals surface area contributed by atoms with Gasteiger partial charge in [-0.2, -0.15) is 0 Å². The first-order chi connectivity index (χ1) is 6.27. The average Bonchev–Trinajstić information content (AvgIpc) is 2.51. The van der Waals surface area contributed by atoms with Gasteiger partial charge in [0, 0.05) is 18.2 Å². The van der Waals surface area contributed by atoms with E-state index in [0.717, 1.165) is 30.5 Å². The maximum atomic E-state index is 10.8. The van der Waals surface area contributed by atoms with Crippen molar-refractivity contribution >= 4 is 11.7 Å². The van der Waals surface area contributed by atoms with Crippen molar-refractivity contribution in [3.8, 4) is 0 Å². The summed E-state index contributed by atoms with van der Waals surface area (Å²) in [5.74, 6) is 0.614. The van der Waals surface area contributed by atoms with Crippen molar-refractivity contribution in [3.05, 3.63) is 17.6 Å². The molecule has 1 aromatic rings. The summed E-state index contributed by atoms with van der Waals surface area (Å²) in [6.07, 6.45) is 4.60. The summed E-state index contributed by atoms with van der Waals surface area (Å²) in [5, 5.41) is 2.72. The lowest BCUT2D eigenvalue weighted by atomic mass is 10.2. The SMILES string of the molecule is CC(=O)Nc1ncnc2c1CCC2. The smallest absolute Gasteiger partial charge is 0.222 e. The topological polar surface area (TPSA) is 54.9 Å². The zero-order valence-electron chi connectivity index (χ0n) is 7.50. The number of amides is 1. The summed E-state index contributed by atoms with van der Waals surface area (Å²) in [5.41, 5.74) is 2.19. The molecule has 1 amide bonds. The van der Waals surface area contributed by atoms with Crippen LogP contribution in [-0.4, -0.2) is 15.9 Å². The quantitative estimate of drug-likeness (QED) is 0.694. The number of carbonyl (C=O) groups is 1. The van der Waals surface area contributed by atoms with Gasteiger partial charge in [-0.1, -0.05) is 0 Å². The highest BCUT2D eigenvalue weighted by Gasteiger charge is 2.17. The minimum absolute atomic E-state index is 0.0761. The maximum Gasteiger partial charge on any atom is 0.222 e. The number of carbonyl (C=O) groups excluding carboxylic acids is 1. The lowest BCUT2D eigenvalue weighted by Gasteiger charge is -2.05. The molecule has 1 heterocycles. The van der Waals surface area contributed by atoms with Crippen molar-refractivity contribution in [1.29, 1.82) is 0 Å². The van der Waals surface area contributed by atoms with E-state index in [0.29, 0.717) is 5.82 Å². The first-order valence-corrected chi connectivity index (χ1v) is 4.37. The molecule has 1 N–H and O–H groups in total. The van der Waals surface area contributed by atoms with E-state index >= 15 is 0 Å². The van der Waals surface area contributed by atoms with Gasteiger partial charge in [0.1, 0.15) is 12.1 Å². The van der Waals surface area contributed by atoms with E-state index in [1.165, 1.54) is 13.3 Å². The molecular weight excluding hydrogens is 166 g/mol. The highest BCUT2D eigenvalue weighted by Crippen LogP contribution is 2.24. The van der Waals surface area contributed by atoms with Crippen molar-refractivity contribution in [3.63, 3.8) is 0 Å². The Kier molecular flexibility index (Phi) is 1.96. The molecule has 0 aliphatic heterocycles. The zero-order valence-corrected chi connectivity index (χ0v) is 7.50. The normalized spacial score (nSPS) is 13.9. The number of aromatic nitrogens is 2. The Morgan fingerprint density at radius 1 is 1.46 bits per heavy atom. The minimum Gasteiger partial charge on any atom is -0.311 e. The lowest BCUT2D eigenvalue weighted by Crippen LogP contribution is -2.10. The second-order valence-electron chi connectivity index (χ2n) is 3.18. The second kappa shape index (κ2) is 3.12. The third-order valence-electron chi connectivity index (χ3n) is 2.17. The van der Waals surface area contributed by atoms with Crippen LogP contribution in [0.5, 0.6) is 0 Å². The van der Waals surface area contributed by atoms with E-state index in [1.54, 1.807) is 0 Å². The van der Waals surface area contributed by atoms with E-state index in [4.69, 9.17) is 0 Å². The number of anilines is 1. The van der Waals surface area contributed by atoms with Gasteiger partial charge in [0.15, 0.2) is 0 Å². The monoisotopic (exact) mass is 177 g/mol. The largest absolute Gasteiger partial charge is 0.311 e. The van der Waals surface area contributed by atoms with Crippen LogP contribution in [0.1, 0.15) is 24.6 Å². The lowest BCUT2D eigenvalue weighted by molar-refractivity contribution is -0.114. The van der Waals surface area contributed by atoms with Crippen molar-refractivity contribution in [1.82, 2.24) is 9.97 Å². The third kappa shape index (κ3) is 1.52. The zero-order chi connectivity index (χ0) is 9.26. The second-order valence-corrected chi connectivity index (χ2v) is 3.18. The summed E-state index contributed by atoms with van der Waals surface area (Å²) < 4.78 is 0. The molecule has 1 aromatic heterocycles. The molecule has 0 aromatic carbocycles. The van der Waals surface area contributed by atoms with Gasteiger partial charge in [-0.15, -0.1) is 0 Å². The number of fused-ring (bicyclic) bond motifs is 1. The molecule has 4 nitrogen and oxygen atoms in total. The summed E-state index contributed by atoms with van der Waals surface area (Å²) in [4.78, 5) is 19.1. The van der Waals surface area contributed by atoms with Crippen LogP contribution >= 0.6 is 0 Å². The number of rotatable bonds is 1. The van der Waals surface area contributed by atoms with Gasteiger partial charge in [-0.25, -0.2) is 9.97 Å². The van der Waals surface area contributed by atoms with Crippen LogP contribution in [0.2, 0.25) is 0 Å². The van der Waals surface area contributed by atoms with Crippen LogP contribution in [0, 0.1) is 0 Å². The van der Waals surface area contributed by atoms with Crippen LogP contribution in [0.25, 0.3) is 0 Å². The van der Waals surface area contributed by atoms with E-state index in [1.807, 2.05) is 0 Å². The maximum absolute atomic E-state index is 10.8. The molecule has 0 radical (unpaired) electrons. The van der Waals surface area contributed by atoms with Gasteiger partial charge in [0.25, 0.3) is 0 Å². The van der Waals surface area contributed by atoms with Crippen molar-refractivity contribution in [2.75, 3.05) is 5.32 Å². The molecule has 1 aliphatic carbocycles. The number of hydrogen-bond acceptors (Lipinski definition) is 3. The van der Waals surface area contributed by atoms with Crippen LogP contribution in [0.3, 0.4) is 0 Å². The summed E-state index contributed by atoms with van der Waals surface area (Å²) in [6.45, 7) is 1.49. The Morgan fingerprint density at radius 2 is 2.31 bits per heavy atom. The molecule has 13 heavy (non-hydrogen) atoms. The molecule has 2 rings (SSSR count). The number of hydrogen-bond donors (Lipinski definition) is 1. The molecule has 1 aliphatic rings. The van der Waals surface area contributed by atoms with Gasteiger partial charge in [-0.05, 0) is 19.3 Å². The Labute approximate surface area is 76.4 Å². The predicted molar refractivity (Wildman–Crippen MR) is 48.4 cm³/mol. The van der Waals surface area contributed by atoms with Gasteiger partial charge in [-0.3, -0.25) is 4.79 Å². The molecular formula is C9H11N3O. The van der Waals surface area contributed by atoms with Crippen molar-refractivity contribution < 1.29 is 4.79 Å². The minimum atomic E-state index is -0.0761. The predicted octanol–water partition coefficient (Wildman–Crippen LogP) is 0.924. The Hall–Kier alpha value is -1.45. The highest BCUT2D eigenvalue weighted by molar-refractivity contribution is 5.88. The molecule has 0 atom stereocenters. The highest BCUT2D eigenvalue weighted by atomic mass is 16.1. The Balaban J connectivity index is 2.36. The fourth-order valence-corrected chi connectivity index (χ4v) is 1.63.